The fourth-order valence-electron chi connectivity index (χ4n) is 1.23. The van der Waals surface area contributed by atoms with Crippen LogP contribution < -0.4 is 10.6 Å². The van der Waals surface area contributed by atoms with Crippen LogP contribution in [0.2, 0.25) is 0 Å². The number of nitrogens with zero attached hydrogens (tertiary/aromatic N) is 1. The lowest BCUT2D eigenvalue weighted by Gasteiger charge is -2.13. The van der Waals surface area contributed by atoms with E-state index in [1.165, 1.54) is 11.3 Å². The van der Waals surface area contributed by atoms with Crippen molar-refractivity contribution in [2.45, 2.75) is 25.9 Å². The zero-order chi connectivity index (χ0) is 13.5. The molecule has 0 aliphatic rings. The molecule has 1 aromatic rings. The van der Waals surface area contributed by atoms with E-state index in [1.807, 2.05) is 6.92 Å². The van der Waals surface area contributed by atoms with Gasteiger partial charge in [0.05, 0.1) is 6.54 Å². The van der Waals surface area contributed by atoms with Crippen molar-refractivity contribution in [3.05, 3.63) is 16.1 Å². The molecule has 0 aromatic carbocycles. The van der Waals surface area contributed by atoms with Gasteiger partial charge in [0.1, 0.15) is 11.0 Å². The number of carbonyl (C=O) groups excluding carboxylic acids is 1. The molecule has 18 heavy (non-hydrogen) atoms. The van der Waals surface area contributed by atoms with Gasteiger partial charge in [0.2, 0.25) is 0 Å². The minimum atomic E-state index is -1.18. The van der Waals surface area contributed by atoms with E-state index in [-0.39, 0.29) is 19.6 Å². The Kier molecular flexibility index (Phi) is 5.53. The fraction of sp³-hybridized carbons (Fsp3) is 0.500. The van der Waals surface area contributed by atoms with Crippen LogP contribution in [0.15, 0.2) is 6.20 Å². The van der Waals surface area contributed by atoms with Crippen LogP contribution in [0.25, 0.3) is 0 Å². The van der Waals surface area contributed by atoms with Crippen LogP contribution in [0.3, 0.4) is 0 Å². The molecule has 1 rings (SSSR count). The molecule has 2 amide bonds. The second-order valence-electron chi connectivity index (χ2n) is 3.59. The zero-order valence-electron chi connectivity index (χ0n) is 9.84. The molecule has 0 aliphatic heterocycles. The molecule has 0 radical (unpaired) electrons. The highest BCUT2D eigenvalue weighted by atomic mass is 32.1. The molecule has 0 unspecified atom stereocenters. The zero-order valence-corrected chi connectivity index (χ0v) is 10.7. The van der Waals surface area contributed by atoms with Gasteiger partial charge < -0.3 is 20.8 Å². The average molecular weight is 273 g/mol. The number of aliphatic hydroxyl groups excluding tert-OH is 1. The van der Waals surface area contributed by atoms with E-state index in [4.69, 9.17) is 10.2 Å². The van der Waals surface area contributed by atoms with Gasteiger partial charge in [-0.2, -0.15) is 0 Å². The van der Waals surface area contributed by atoms with Crippen molar-refractivity contribution in [2.75, 3.05) is 6.61 Å². The number of aliphatic hydroxyl groups is 1. The monoisotopic (exact) mass is 273 g/mol. The van der Waals surface area contributed by atoms with Gasteiger partial charge in [0, 0.05) is 24.1 Å². The molecule has 0 bridgehead atoms. The summed E-state index contributed by atoms with van der Waals surface area (Å²) in [5.74, 6) is -1.18. The summed E-state index contributed by atoms with van der Waals surface area (Å²) in [5, 5.41) is 23.0. The van der Waals surface area contributed by atoms with Gasteiger partial charge in [-0.25, -0.2) is 14.6 Å². The summed E-state index contributed by atoms with van der Waals surface area (Å²) in [6, 6.07) is -1.68. The van der Waals surface area contributed by atoms with Gasteiger partial charge in [-0.3, -0.25) is 0 Å². The van der Waals surface area contributed by atoms with Gasteiger partial charge in [-0.1, -0.05) is 0 Å². The highest BCUT2D eigenvalue weighted by Crippen LogP contribution is 2.10. The molecule has 0 aliphatic carbocycles. The van der Waals surface area contributed by atoms with Crippen molar-refractivity contribution in [3.63, 3.8) is 0 Å². The molecule has 0 spiro atoms. The maximum absolute atomic E-state index is 11.4. The van der Waals surface area contributed by atoms with Gasteiger partial charge in [-0.15, -0.1) is 11.3 Å². The number of nitrogens with one attached hydrogen (secondary N) is 2. The van der Waals surface area contributed by atoms with Crippen molar-refractivity contribution in [1.29, 1.82) is 0 Å². The lowest BCUT2D eigenvalue weighted by Crippen LogP contribution is -2.46. The Labute approximate surface area is 108 Å². The quantitative estimate of drug-likeness (QED) is 0.587. The van der Waals surface area contributed by atoms with Gasteiger partial charge in [-0.05, 0) is 6.92 Å². The summed E-state index contributed by atoms with van der Waals surface area (Å²) in [6.07, 6.45) is 1.67. The number of urea groups is 1. The number of carboxylic acids is 1. The van der Waals surface area contributed by atoms with Crippen LogP contribution >= 0.6 is 11.3 Å². The van der Waals surface area contributed by atoms with Crippen LogP contribution in [0.4, 0.5) is 4.79 Å². The maximum Gasteiger partial charge on any atom is 0.326 e. The number of hydrogen-bond donors (Lipinski definition) is 4. The smallest absolute Gasteiger partial charge is 0.326 e. The van der Waals surface area contributed by atoms with Crippen molar-refractivity contribution in [2.24, 2.45) is 0 Å². The number of carboxylic acid groups (broad SMARTS) is 1. The minimum Gasteiger partial charge on any atom is -0.480 e. The van der Waals surface area contributed by atoms with Crippen molar-refractivity contribution in [1.82, 2.24) is 15.6 Å². The molecule has 0 fully saturated rings. The summed E-state index contributed by atoms with van der Waals surface area (Å²) >= 11 is 1.46. The Morgan fingerprint density at radius 3 is 2.78 bits per heavy atom. The number of rotatable bonds is 6. The highest BCUT2D eigenvalue weighted by molar-refractivity contribution is 7.11. The highest BCUT2D eigenvalue weighted by Gasteiger charge is 2.18. The van der Waals surface area contributed by atoms with Crippen molar-refractivity contribution in [3.8, 4) is 0 Å². The Morgan fingerprint density at radius 2 is 2.28 bits per heavy atom. The second kappa shape index (κ2) is 6.92. The number of amides is 2. The number of aliphatic carboxylic acids is 1. The molecule has 1 aromatic heterocycles. The van der Waals surface area contributed by atoms with Crippen molar-refractivity contribution >= 4 is 23.3 Å². The second-order valence-corrected chi connectivity index (χ2v) is 4.91. The lowest BCUT2D eigenvalue weighted by atomic mass is 10.2. The normalized spacial score (nSPS) is 11.9. The molecule has 7 nitrogen and oxygen atoms in total. The summed E-state index contributed by atoms with van der Waals surface area (Å²) in [6.45, 7) is 1.85. The molecule has 8 heteroatoms. The predicted octanol–water partition coefficient (Wildman–Crippen LogP) is 0.0863. The Bertz CT molecular complexity index is 421. The summed E-state index contributed by atoms with van der Waals surface area (Å²) in [5.41, 5.74) is 0. The maximum atomic E-state index is 11.4. The van der Waals surface area contributed by atoms with E-state index in [1.54, 1.807) is 6.20 Å². The topological polar surface area (TPSA) is 112 Å². The van der Waals surface area contributed by atoms with Gasteiger partial charge >= 0.3 is 12.0 Å². The lowest BCUT2D eigenvalue weighted by molar-refractivity contribution is -0.139. The predicted molar refractivity (Wildman–Crippen MR) is 65.3 cm³/mol. The van der Waals surface area contributed by atoms with Crippen LogP contribution in [0, 0.1) is 6.92 Å². The number of thiazole rings is 1. The number of aryl methyl sites for hydroxylation is 1. The molecule has 1 heterocycles. The number of carbonyl (C=O) groups is 2. The molecule has 1 atom stereocenters. The van der Waals surface area contributed by atoms with Crippen LogP contribution in [0.1, 0.15) is 16.3 Å². The average Bonchev–Trinajstić information content (AvgIpc) is 2.72. The van der Waals surface area contributed by atoms with E-state index in [9.17, 15) is 9.59 Å². The molecule has 0 saturated carbocycles. The van der Waals surface area contributed by atoms with E-state index < -0.39 is 18.0 Å². The Balaban J connectivity index is 2.38. The summed E-state index contributed by atoms with van der Waals surface area (Å²) in [7, 11) is 0. The van der Waals surface area contributed by atoms with Crippen LogP contribution in [-0.4, -0.2) is 39.8 Å². The Hall–Kier alpha value is -1.67. The largest absolute Gasteiger partial charge is 0.480 e. The third kappa shape index (κ3) is 4.68. The third-order valence-corrected chi connectivity index (χ3v) is 3.00. The number of aromatic nitrogens is 1. The van der Waals surface area contributed by atoms with Gasteiger partial charge in [0.25, 0.3) is 0 Å². The number of hydrogen-bond acceptors (Lipinski definition) is 5. The first kappa shape index (κ1) is 14.4. The minimum absolute atomic E-state index is 0.0287. The molecular weight excluding hydrogens is 258 g/mol. The third-order valence-electron chi connectivity index (χ3n) is 2.09. The molecule has 0 saturated heterocycles. The first-order valence-corrected chi connectivity index (χ1v) is 6.14. The molecular formula is C10H15N3O4S. The Morgan fingerprint density at radius 1 is 1.56 bits per heavy atom. The standard InChI is InChI=1S/C10H15N3O4S/c1-6-4-11-8(18-6)5-12-10(17)13-7(2-3-14)9(15)16/h4,7,14H,2-3,5H2,1H3,(H,15,16)(H2,12,13,17)/t7-/m0/s1. The fourth-order valence-corrected chi connectivity index (χ4v) is 1.96. The summed E-state index contributed by atoms with van der Waals surface area (Å²) < 4.78 is 0. The van der Waals surface area contributed by atoms with E-state index in [2.05, 4.69) is 15.6 Å². The molecule has 4 N–H and O–H groups in total. The molecule has 100 valence electrons. The first-order chi connectivity index (χ1) is 8.52. The van der Waals surface area contributed by atoms with E-state index >= 15 is 0 Å². The van der Waals surface area contributed by atoms with Gasteiger partial charge in [0.15, 0.2) is 0 Å². The summed E-state index contributed by atoms with van der Waals surface area (Å²) in [4.78, 5) is 27.3. The SMILES string of the molecule is Cc1cnc(CNC(=O)N[C@@H](CCO)C(=O)O)s1. The van der Waals surface area contributed by atoms with Crippen LogP contribution in [0.5, 0.6) is 0 Å². The van der Waals surface area contributed by atoms with E-state index in [0.29, 0.717) is 0 Å². The van der Waals surface area contributed by atoms with Crippen LogP contribution in [-0.2, 0) is 11.3 Å². The first-order valence-electron chi connectivity index (χ1n) is 5.32. The van der Waals surface area contributed by atoms with Crippen molar-refractivity contribution < 1.29 is 19.8 Å². The van der Waals surface area contributed by atoms with E-state index in [0.717, 1.165) is 9.88 Å².